The first-order valence-corrected chi connectivity index (χ1v) is 7.71. The van der Waals surface area contributed by atoms with Crippen LogP contribution in [0.3, 0.4) is 0 Å². The van der Waals surface area contributed by atoms with Gasteiger partial charge < -0.3 is 15.0 Å². The molecule has 0 spiro atoms. The largest absolute Gasteiger partial charge is 0.453 e. The fourth-order valence-corrected chi connectivity index (χ4v) is 3.10. The van der Waals surface area contributed by atoms with E-state index >= 15 is 0 Å². The SMILES string of the molecule is COC(=O)N1CCC(NC(=O)CCCc2cccs2)C1. The van der Waals surface area contributed by atoms with Crippen LogP contribution in [0.15, 0.2) is 17.5 Å². The number of carbonyl (C=O) groups excluding carboxylic acids is 2. The molecule has 110 valence electrons. The molecule has 1 fully saturated rings. The maximum atomic E-state index is 11.8. The van der Waals surface area contributed by atoms with E-state index in [4.69, 9.17) is 0 Å². The lowest BCUT2D eigenvalue weighted by molar-refractivity contribution is -0.121. The van der Waals surface area contributed by atoms with Gasteiger partial charge in [-0.3, -0.25) is 4.79 Å². The number of nitrogens with one attached hydrogen (secondary N) is 1. The van der Waals surface area contributed by atoms with E-state index in [1.54, 1.807) is 16.2 Å². The molecule has 0 aliphatic carbocycles. The number of amides is 2. The van der Waals surface area contributed by atoms with Gasteiger partial charge in [0, 0.05) is 30.4 Å². The summed E-state index contributed by atoms with van der Waals surface area (Å²) in [6.45, 7) is 1.19. The van der Waals surface area contributed by atoms with Gasteiger partial charge in [-0.15, -0.1) is 11.3 Å². The second-order valence-corrected chi connectivity index (χ2v) is 5.93. The quantitative estimate of drug-likeness (QED) is 0.904. The monoisotopic (exact) mass is 296 g/mol. The third-order valence-corrected chi connectivity index (χ3v) is 4.33. The van der Waals surface area contributed by atoms with Crippen LogP contribution in [0.2, 0.25) is 0 Å². The van der Waals surface area contributed by atoms with Crippen molar-refractivity contribution < 1.29 is 14.3 Å². The van der Waals surface area contributed by atoms with Gasteiger partial charge in [0.2, 0.25) is 5.91 Å². The lowest BCUT2D eigenvalue weighted by Gasteiger charge is -2.15. The molecule has 1 aromatic rings. The molecule has 0 radical (unpaired) electrons. The number of thiophene rings is 1. The summed E-state index contributed by atoms with van der Waals surface area (Å²) < 4.78 is 4.67. The van der Waals surface area contributed by atoms with Gasteiger partial charge in [-0.2, -0.15) is 0 Å². The minimum Gasteiger partial charge on any atom is -0.453 e. The Morgan fingerprint density at radius 2 is 2.40 bits per heavy atom. The summed E-state index contributed by atoms with van der Waals surface area (Å²) in [7, 11) is 1.37. The molecule has 1 aliphatic rings. The number of aryl methyl sites for hydroxylation is 1. The lowest BCUT2D eigenvalue weighted by Crippen LogP contribution is -2.38. The molecule has 1 atom stereocenters. The van der Waals surface area contributed by atoms with Gasteiger partial charge in [0.15, 0.2) is 0 Å². The molecule has 1 N–H and O–H groups in total. The third-order valence-electron chi connectivity index (χ3n) is 3.39. The fourth-order valence-electron chi connectivity index (χ4n) is 2.35. The lowest BCUT2D eigenvalue weighted by atomic mass is 10.2. The maximum Gasteiger partial charge on any atom is 0.409 e. The van der Waals surface area contributed by atoms with Crippen LogP contribution >= 0.6 is 11.3 Å². The molecule has 1 aromatic heterocycles. The number of likely N-dealkylation sites (tertiary alicyclic amines) is 1. The van der Waals surface area contributed by atoms with Crippen molar-refractivity contribution >= 4 is 23.3 Å². The Kier molecular flexibility index (Phi) is 5.40. The van der Waals surface area contributed by atoms with Gasteiger partial charge in [0.1, 0.15) is 0 Å². The molecule has 0 bridgehead atoms. The number of ether oxygens (including phenoxy) is 1. The summed E-state index contributed by atoms with van der Waals surface area (Å²) in [6.07, 6.45) is 2.82. The standard InChI is InChI=1S/C14H20N2O3S/c1-19-14(18)16-8-7-11(10-16)15-13(17)6-2-4-12-5-3-9-20-12/h3,5,9,11H,2,4,6-8,10H2,1H3,(H,15,17). The molecule has 5 nitrogen and oxygen atoms in total. The van der Waals surface area contributed by atoms with Crippen molar-refractivity contribution in [2.75, 3.05) is 20.2 Å². The Morgan fingerprint density at radius 3 is 3.10 bits per heavy atom. The van der Waals surface area contributed by atoms with Crippen molar-refractivity contribution in [1.29, 1.82) is 0 Å². The van der Waals surface area contributed by atoms with Gasteiger partial charge in [0.05, 0.1) is 7.11 Å². The number of methoxy groups -OCH3 is 1. The predicted octanol–water partition coefficient (Wildman–Crippen LogP) is 2.03. The third kappa shape index (κ3) is 4.23. The van der Waals surface area contributed by atoms with Crippen LogP contribution in [0.4, 0.5) is 4.79 Å². The molecule has 2 amide bonds. The maximum absolute atomic E-state index is 11.8. The zero-order chi connectivity index (χ0) is 14.4. The smallest absolute Gasteiger partial charge is 0.409 e. The van der Waals surface area contributed by atoms with Gasteiger partial charge in [-0.1, -0.05) is 6.07 Å². The topological polar surface area (TPSA) is 58.6 Å². The van der Waals surface area contributed by atoms with Crippen LogP contribution in [0, 0.1) is 0 Å². The van der Waals surface area contributed by atoms with E-state index in [0.717, 1.165) is 19.3 Å². The van der Waals surface area contributed by atoms with E-state index in [2.05, 4.69) is 21.5 Å². The second-order valence-electron chi connectivity index (χ2n) is 4.90. The van der Waals surface area contributed by atoms with E-state index in [0.29, 0.717) is 19.5 Å². The second kappa shape index (κ2) is 7.28. The summed E-state index contributed by atoms with van der Waals surface area (Å²) in [4.78, 5) is 26.1. The molecule has 0 saturated carbocycles. The summed E-state index contributed by atoms with van der Waals surface area (Å²) in [6, 6.07) is 4.18. The van der Waals surface area contributed by atoms with Crippen molar-refractivity contribution in [2.45, 2.75) is 31.7 Å². The number of hydrogen-bond acceptors (Lipinski definition) is 4. The van der Waals surface area contributed by atoms with Gasteiger partial charge in [0.25, 0.3) is 0 Å². The summed E-state index contributed by atoms with van der Waals surface area (Å²) in [5.41, 5.74) is 0. The fraction of sp³-hybridized carbons (Fsp3) is 0.571. The van der Waals surface area contributed by atoms with Crippen molar-refractivity contribution in [1.82, 2.24) is 10.2 Å². The Labute approximate surface area is 122 Å². The summed E-state index contributed by atoms with van der Waals surface area (Å²) >= 11 is 1.72. The highest BCUT2D eigenvalue weighted by Crippen LogP contribution is 2.13. The number of rotatable bonds is 5. The van der Waals surface area contributed by atoms with Crippen molar-refractivity contribution in [3.05, 3.63) is 22.4 Å². The Bertz CT molecular complexity index is 447. The molecule has 6 heteroatoms. The highest BCUT2D eigenvalue weighted by molar-refractivity contribution is 7.09. The van der Waals surface area contributed by atoms with E-state index in [1.807, 2.05) is 6.07 Å². The van der Waals surface area contributed by atoms with Crippen LogP contribution in [0.25, 0.3) is 0 Å². The zero-order valence-electron chi connectivity index (χ0n) is 11.6. The van der Waals surface area contributed by atoms with Crippen LogP contribution in [0.5, 0.6) is 0 Å². The minimum absolute atomic E-state index is 0.0586. The van der Waals surface area contributed by atoms with E-state index in [9.17, 15) is 9.59 Å². The predicted molar refractivity (Wildman–Crippen MR) is 77.8 cm³/mol. The van der Waals surface area contributed by atoms with Crippen LogP contribution < -0.4 is 5.32 Å². The molecule has 1 aliphatic heterocycles. The van der Waals surface area contributed by atoms with Crippen molar-refractivity contribution in [3.8, 4) is 0 Å². The summed E-state index contributed by atoms with van der Waals surface area (Å²) in [5, 5.41) is 5.03. The molecule has 2 heterocycles. The van der Waals surface area contributed by atoms with Crippen LogP contribution in [-0.4, -0.2) is 43.1 Å². The Balaban J connectivity index is 1.64. The molecule has 2 rings (SSSR count). The van der Waals surface area contributed by atoms with Crippen molar-refractivity contribution in [3.63, 3.8) is 0 Å². The normalized spacial score (nSPS) is 18.1. The number of carbonyl (C=O) groups is 2. The molecular formula is C14H20N2O3S. The Morgan fingerprint density at radius 1 is 1.55 bits per heavy atom. The molecule has 1 saturated heterocycles. The highest BCUT2D eigenvalue weighted by Gasteiger charge is 2.27. The molecule has 0 aromatic carbocycles. The first-order chi connectivity index (χ1) is 9.69. The number of nitrogens with zero attached hydrogens (tertiary/aromatic N) is 1. The average molecular weight is 296 g/mol. The molecule has 20 heavy (non-hydrogen) atoms. The van der Waals surface area contributed by atoms with Crippen LogP contribution in [0.1, 0.15) is 24.1 Å². The van der Waals surface area contributed by atoms with E-state index in [1.165, 1.54) is 12.0 Å². The van der Waals surface area contributed by atoms with E-state index in [-0.39, 0.29) is 18.0 Å². The molecular weight excluding hydrogens is 276 g/mol. The minimum atomic E-state index is -0.320. The van der Waals surface area contributed by atoms with Gasteiger partial charge in [-0.25, -0.2) is 4.79 Å². The first-order valence-electron chi connectivity index (χ1n) is 6.83. The molecule has 1 unspecified atom stereocenters. The summed E-state index contributed by atoms with van der Waals surface area (Å²) in [5.74, 6) is 0.0678. The van der Waals surface area contributed by atoms with Gasteiger partial charge in [-0.05, 0) is 30.7 Å². The van der Waals surface area contributed by atoms with Crippen LogP contribution in [-0.2, 0) is 16.0 Å². The zero-order valence-corrected chi connectivity index (χ0v) is 12.4. The Hall–Kier alpha value is -1.56. The van der Waals surface area contributed by atoms with Gasteiger partial charge >= 0.3 is 6.09 Å². The highest BCUT2D eigenvalue weighted by atomic mass is 32.1. The van der Waals surface area contributed by atoms with E-state index < -0.39 is 0 Å². The average Bonchev–Trinajstić information content (AvgIpc) is 3.09. The van der Waals surface area contributed by atoms with Crippen molar-refractivity contribution in [2.24, 2.45) is 0 Å². The first kappa shape index (κ1) is 14.8. The number of hydrogen-bond donors (Lipinski definition) is 1.